The quantitative estimate of drug-likeness (QED) is 0.897. The summed E-state index contributed by atoms with van der Waals surface area (Å²) in [7, 11) is 0. The van der Waals surface area contributed by atoms with Gasteiger partial charge in [-0.05, 0) is 49.1 Å². The Morgan fingerprint density at radius 3 is 2.55 bits per heavy atom. The molecule has 3 rings (SSSR count). The molecule has 0 aliphatic carbocycles. The largest absolute Gasteiger partial charge is 0.315 e. The Morgan fingerprint density at radius 2 is 1.90 bits per heavy atom. The Morgan fingerprint density at radius 1 is 1.10 bits per heavy atom. The van der Waals surface area contributed by atoms with Crippen molar-refractivity contribution < 1.29 is 0 Å². The summed E-state index contributed by atoms with van der Waals surface area (Å²) in [5.74, 6) is 0. The van der Waals surface area contributed by atoms with Gasteiger partial charge in [0.2, 0.25) is 0 Å². The van der Waals surface area contributed by atoms with E-state index in [9.17, 15) is 0 Å². The molecule has 1 nitrogen and oxygen atoms in total. The minimum atomic E-state index is 0.198. The van der Waals surface area contributed by atoms with Crippen molar-refractivity contribution in [3.05, 3.63) is 69.7 Å². The molecular weight excluding hydrogens is 266 g/mol. The minimum Gasteiger partial charge on any atom is -0.315 e. The smallest absolute Gasteiger partial charge is 0.0408 e. The molecule has 2 aromatic rings. The zero-order valence-corrected chi connectivity index (χ0v) is 12.8. The Hall–Kier alpha value is -1.31. The number of benzene rings is 2. The van der Waals surface area contributed by atoms with E-state index in [1.165, 1.54) is 22.3 Å². The lowest BCUT2D eigenvalue weighted by molar-refractivity contribution is 0.274. The van der Waals surface area contributed by atoms with Gasteiger partial charge in [-0.15, -0.1) is 0 Å². The van der Waals surface area contributed by atoms with Gasteiger partial charge >= 0.3 is 0 Å². The Kier molecular flexibility index (Phi) is 3.57. The minimum absolute atomic E-state index is 0.198. The van der Waals surface area contributed by atoms with E-state index in [1.54, 1.807) is 0 Å². The van der Waals surface area contributed by atoms with E-state index in [1.807, 2.05) is 6.07 Å². The molecule has 0 spiro atoms. The van der Waals surface area contributed by atoms with E-state index in [-0.39, 0.29) is 5.41 Å². The monoisotopic (exact) mass is 285 g/mol. The molecule has 0 radical (unpaired) electrons. The van der Waals surface area contributed by atoms with Crippen LogP contribution in [0.1, 0.15) is 22.3 Å². The number of aryl methyl sites for hydroxylation is 2. The number of hydrogen-bond acceptors (Lipinski definition) is 1. The van der Waals surface area contributed by atoms with Crippen molar-refractivity contribution in [3.63, 3.8) is 0 Å². The van der Waals surface area contributed by atoms with Gasteiger partial charge in [0.15, 0.2) is 0 Å². The molecule has 1 aliphatic heterocycles. The van der Waals surface area contributed by atoms with E-state index in [0.717, 1.165) is 24.5 Å². The summed E-state index contributed by atoms with van der Waals surface area (Å²) in [6, 6.07) is 15.1. The molecular formula is C18H20ClN. The van der Waals surface area contributed by atoms with Crippen molar-refractivity contribution >= 4 is 11.6 Å². The maximum absolute atomic E-state index is 6.17. The summed E-state index contributed by atoms with van der Waals surface area (Å²) < 4.78 is 0. The highest BCUT2D eigenvalue weighted by atomic mass is 35.5. The van der Waals surface area contributed by atoms with Crippen LogP contribution in [0, 0.1) is 13.8 Å². The third-order valence-corrected chi connectivity index (χ3v) is 4.63. The molecule has 2 heteroatoms. The lowest BCUT2D eigenvalue weighted by Crippen LogP contribution is -2.58. The molecule has 1 saturated heterocycles. The highest BCUT2D eigenvalue weighted by Crippen LogP contribution is 2.34. The third-order valence-electron chi connectivity index (χ3n) is 4.40. The van der Waals surface area contributed by atoms with Gasteiger partial charge in [-0.1, -0.05) is 47.5 Å². The topological polar surface area (TPSA) is 12.0 Å². The van der Waals surface area contributed by atoms with E-state index in [2.05, 4.69) is 55.6 Å². The van der Waals surface area contributed by atoms with Gasteiger partial charge in [0.25, 0.3) is 0 Å². The van der Waals surface area contributed by atoms with Crippen LogP contribution in [0.15, 0.2) is 42.5 Å². The highest BCUT2D eigenvalue weighted by molar-refractivity contribution is 6.30. The van der Waals surface area contributed by atoms with Crippen LogP contribution < -0.4 is 5.32 Å². The van der Waals surface area contributed by atoms with Crippen molar-refractivity contribution in [2.24, 2.45) is 0 Å². The summed E-state index contributed by atoms with van der Waals surface area (Å²) in [4.78, 5) is 0. The number of halogens is 1. The van der Waals surface area contributed by atoms with Crippen molar-refractivity contribution in [3.8, 4) is 0 Å². The third kappa shape index (κ3) is 2.48. The van der Waals surface area contributed by atoms with Crippen LogP contribution in [0.25, 0.3) is 0 Å². The lowest BCUT2D eigenvalue weighted by Gasteiger charge is -2.44. The Labute approximate surface area is 126 Å². The molecule has 104 valence electrons. The van der Waals surface area contributed by atoms with Gasteiger partial charge in [-0.3, -0.25) is 0 Å². The molecule has 0 unspecified atom stereocenters. The van der Waals surface area contributed by atoms with Gasteiger partial charge in [0, 0.05) is 23.5 Å². The maximum Gasteiger partial charge on any atom is 0.0408 e. The van der Waals surface area contributed by atoms with Crippen molar-refractivity contribution in [2.75, 3.05) is 13.1 Å². The molecule has 1 fully saturated rings. The van der Waals surface area contributed by atoms with Gasteiger partial charge in [-0.25, -0.2) is 0 Å². The fourth-order valence-electron chi connectivity index (χ4n) is 3.03. The number of rotatable bonds is 3. The summed E-state index contributed by atoms with van der Waals surface area (Å²) in [6.45, 7) is 6.42. The predicted octanol–water partition coefficient (Wildman–Crippen LogP) is 4.04. The molecule has 0 atom stereocenters. The van der Waals surface area contributed by atoms with Crippen LogP contribution in [0.4, 0.5) is 0 Å². The number of nitrogens with one attached hydrogen (secondary N) is 1. The SMILES string of the molecule is Cc1ccc(C)c(CC2(c3cccc(Cl)c3)CNC2)c1. The molecule has 1 aliphatic rings. The van der Waals surface area contributed by atoms with Crippen molar-refractivity contribution in [2.45, 2.75) is 25.7 Å². The average Bonchev–Trinajstić information content (AvgIpc) is 2.38. The number of hydrogen-bond donors (Lipinski definition) is 1. The molecule has 1 N–H and O–H groups in total. The van der Waals surface area contributed by atoms with E-state index < -0.39 is 0 Å². The normalized spacial score (nSPS) is 16.8. The van der Waals surface area contributed by atoms with Gasteiger partial charge < -0.3 is 5.32 Å². The fraction of sp³-hybridized carbons (Fsp3) is 0.333. The predicted molar refractivity (Wildman–Crippen MR) is 85.6 cm³/mol. The summed E-state index contributed by atoms with van der Waals surface area (Å²) in [5.41, 5.74) is 5.71. The molecule has 2 aromatic carbocycles. The Bertz CT molecular complexity index is 629. The molecule has 0 saturated carbocycles. The van der Waals surface area contributed by atoms with Gasteiger partial charge in [-0.2, -0.15) is 0 Å². The Balaban J connectivity index is 1.96. The summed E-state index contributed by atoms with van der Waals surface area (Å²) >= 11 is 6.17. The summed E-state index contributed by atoms with van der Waals surface area (Å²) in [6.07, 6.45) is 1.08. The first-order valence-corrected chi connectivity index (χ1v) is 7.50. The maximum atomic E-state index is 6.17. The van der Waals surface area contributed by atoms with Crippen molar-refractivity contribution in [1.29, 1.82) is 0 Å². The van der Waals surface area contributed by atoms with Crippen molar-refractivity contribution in [1.82, 2.24) is 5.32 Å². The van der Waals surface area contributed by atoms with Gasteiger partial charge in [0.1, 0.15) is 0 Å². The van der Waals surface area contributed by atoms with Crippen LogP contribution in [0.3, 0.4) is 0 Å². The first-order chi connectivity index (χ1) is 9.59. The molecule has 0 aromatic heterocycles. The first-order valence-electron chi connectivity index (χ1n) is 7.12. The standard InChI is InChI=1S/C18H20ClN/c1-13-6-7-14(2)15(8-13)10-18(11-20-12-18)16-4-3-5-17(19)9-16/h3-9,20H,10-12H2,1-2H3. The fourth-order valence-corrected chi connectivity index (χ4v) is 3.22. The van der Waals surface area contributed by atoms with E-state index in [0.29, 0.717) is 0 Å². The lowest BCUT2D eigenvalue weighted by atomic mass is 9.70. The molecule has 0 bridgehead atoms. The highest BCUT2D eigenvalue weighted by Gasteiger charge is 2.39. The van der Waals surface area contributed by atoms with E-state index >= 15 is 0 Å². The van der Waals surface area contributed by atoms with Crippen LogP contribution in [0.5, 0.6) is 0 Å². The summed E-state index contributed by atoms with van der Waals surface area (Å²) in [5, 5.41) is 4.26. The van der Waals surface area contributed by atoms with Gasteiger partial charge in [0.05, 0.1) is 0 Å². The van der Waals surface area contributed by atoms with E-state index in [4.69, 9.17) is 11.6 Å². The van der Waals surface area contributed by atoms with Crippen LogP contribution in [-0.4, -0.2) is 13.1 Å². The van der Waals surface area contributed by atoms with Crippen LogP contribution in [0.2, 0.25) is 5.02 Å². The molecule has 0 amide bonds. The molecule has 1 heterocycles. The zero-order chi connectivity index (χ0) is 14.2. The van der Waals surface area contributed by atoms with Crippen LogP contribution in [-0.2, 0) is 11.8 Å². The molecule has 20 heavy (non-hydrogen) atoms. The second-order valence-corrected chi connectivity index (χ2v) is 6.44. The second kappa shape index (κ2) is 5.23. The van der Waals surface area contributed by atoms with Crippen LogP contribution >= 0.6 is 11.6 Å². The second-order valence-electron chi connectivity index (χ2n) is 6.00. The average molecular weight is 286 g/mol. The first kappa shape index (κ1) is 13.7. The zero-order valence-electron chi connectivity index (χ0n) is 12.0.